The number of fused-ring (bicyclic) bond motifs is 2. The second-order valence-electron chi connectivity index (χ2n) is 8.39. The number of carbonyl (C=O) groups is 2. The lowest BCUT2D eigenvalue weighted by molar-refractivity contribution is -0.149. The molecule has 1 amide bonds. The molecule has 36 heavy (non-hydrogen) atoms. The van der Waals surface area contributed by atoms with Crippen molar-refractivity contribution in [2.45, 2.75) is 19.8 Å². The summed E-state index contributed by atoms with van der Waals surface area (Å²) in [5, 5.41) is 8.42. The van der Waals surface area contributed by atoms with Crippen LogP contribution in [0.2, 0.25) is 0 Å². The van der Waals surface area contributed by atoms with Crippen molar-refractivity contribution in [1.29, 1.82) is 0 Å². The van der Waals surface area contributed by atoms with Gasteiger partial charge >= 0.3 is 5.97 Å². The van der Waals surface area contributed by atoms with E-state index < -0.39 is 0 Å². The fourth-order valence-corrected chi connectivity index (χ4v) is 5.13. The number of rotatable bonds is 6. The highest BCUT2D eigenvalue weighted by Gasteiger charge is 2.29. The van der Waals surface area contributed by atoms with E-state index in [1.54, 1.807) is 37.1 Å². The van der Waals surface area contributed by atoms with Crippen LogP contribution in [-0.2, 0) is 9.53 Å². The third-order valence-corrected chi connectivity index (χ3v) is 7.02. The zero-order chi connectivity index (χ0) is 25.2. The van der Waals surface area contributed by atoms with Crippen LogP contribution in [0.25, 0.3) is 15.9 Å². The van der Waals surface area contributed by atoms with E-state index >= 15 is 0 Å². The van der Waals surface area contributed by atoms with Gasteiger partial charge in [0.05, 0.1) is 36.2 Å². The SMILES string of the molecule is CCOC(=O)C1CCN(C(=O)c2ccc3c(=O)n4nc(Nc5ccccc5OC)sc4nc3c2)CC1. The standard InChI is InChI=1S/C25H25N5O5S/c1-3-35-23(33)15-10-12-29(13-11-15)21(31)16-8-9-17-19(14-16)27-25-30(22(17)32)28-24(36-25)26-18-6-4-5-7-20(18)34-2/h4-9,14-15H,3,10-13H2,1-2H3,(H,26,28). The van der Waals surface area contributed by atoms with Crippen LogP contribution in [0.4, 0.5) is 10.8 Å². The van der Waals surface area contributed by atoms with Gasteiger partial charge in [0, 0.05) is 18.7 Å². The molecule has 1 aliphatic heterocycles. The number of benzene rings is 2. The Balaban J connectivity index is 1.39. The number of aromatic nitrogens is 3. The van der Waals surface area contributed by atoms with Crippen LogP contribution in [0.1, 0.15) is 30.1 Å². The summed E-state index contributed by atoms with van der Waals surface area (Å²) < 4.78 is 11.7. The van der Waals surface area contributed by atoms with E-state index in [0.717, 1.165) is 5.69 Å². The summed E-state index contributed by atoms with van der Waals surface area (Å²) in [5.41, 5.74) is 1.29. The first kappa shape index (κ1) is 23.7. The second-order valence-corrected chi connectivity index (χ2v) is 9.35. The minimum Gasteiger partial charge on any atom is -0.495 e. The highest BCUT2D eigenvalue weighted by molar-refractivity contribution is 7.20. The largest absolute Gasteiger partial charge is 0.495 e. The number of amides is 1. The molecular weight excluding hydrogens is 482 g/mol. The minimum absolute atomic E-state index is 0.149. The highest BCUT2D eigenvalue weighted by Crippen LogP contribution is 2.29. The first-order valence-corrected chi connectivity index (χ1v) is 12.5. The van der Waals surface area contributed by atoms with Crippen molar-refractivity contribution in [1.82, 2.24) is 19.5 Å². The van der Waals surface area contributed by atoms with Crippen LogP contribution < -0.4 is 15.6 Å². The van der Waals surface area contributed by atoms with Crippen LogP contribution in [0.5, 0.6) is 5.75 Å². The maximum absolute atomic E-state index is 13.1. The lowest BCUT2D eigenvalue weighted by Crippen LogP contribution is -2.40. The average Bonchev–Trinajstić information content (AvgIpc) is 3.31. The Morgan fingerprint density at radius 1 is 1.17 bits per heavy atom. The quantitative estimate of drug-likeness (QED) is 0.395. The number of nitrogens with zero attached hydrogens (tertiary/aromatic N) is 4. The molecule has 0 atom stereocenters. The Kier molecular flexibility index (Phi) is 6.55. The van der Waals surface area contributed by atoms with Crippen molar-refractivity contribution in [3.8, 4) is 5.75 Å². The van der Waals surface area contributed by atoms with Gasteiger partial charge in [0.1, 0.15) is 5.75 Å². The summed E-state index contributed by atoms with van der Waals surface area (Å²) in [6.45, 7) is 3.09. The molecule has 2 aromatic heterocycles. The summed E-state index contributed by atoms with van der Waals surface area (Å²) in [4.78, 5) is 44.9. The molecule has 1 fully saturated rings. The Morgan fingerprint density at radius 2 is 1.94 bits per heavy atom. The van der Waals surface area contributed by atoms with Gasteiger partial charge in [-0.2, -0.15) is 4.52 Å². The molecule has 0 aliphatic carbocycles. The number of carbonyl (C=O) groups excluding carboxylic acids is 2. The van der Waals surface area contributed by atoms with Gasteiger partial charge in [0.2, 0.25) is 10.1 Å². The van der Waals surface area contributed by atoms with Crippen molar-refractivity contribution < 1.29 is 19.1 Å². The van der Waals surface area contributed by atoms with Gasteiger partial charge in [0.15, 0.2) is 0 Å². The number of hydrogen-bond donors (Lipinski definition) is 1. The van der Waals surface area contributed by atoms with E-state index in [9.17, 15) is 14.4 Å². The van der Waals surface area contributed by atoms with E-state index in [4.69, 9.17) is 9.47 Å². The predicted octanol–water partition coefficient (Wildman–Crippen LogP) is 3.47. The fraction of sp³-hybridized carbons (Fsp3) is 0.320. The van der Waals surface area contributed by atoms with Gasteiger partial charge in [-0.15, -0.1) is 5.10 Å². The van der Waals surface area contributed by atoms with Gasteiger partial charge in [-0.25, -0.2) is 4.98 Å². The Bertz CT molecular complexity index is 1510. The predicted molar refractivity (Wildman–Crippen MR) is 136 cm³/mol. The van der Waals surface area contributed by atoms with Crippen molar-refractivity contribution >= 4 is 49.9 Å². The zero-order valence-corrected chi connectivity index (χ0v) is 20.7. The topological polar surface area (TPSA) is 115 Å². The summed E-state index contributed by atoms with van der Waals surface area (Å²) in [6, 6.07) is 12.3. The van der Waals surface area contributed by atoms with Crippen LogP contribution >= 0.6 is 11.3 Å². The van der Waals surface area contributed by atoms with E-state index in [1.165, 1.54) is 15.9 Å². The van der Waals surface area contributed by atoms with Crippen LogP contribution in [0.15, 0.2) is 47.3 Å². The Labute approximate surface area is 210 Å². The average molecular weight is 508 g/mol. The molecule has 0 spiro atoms. The number of para-hydroxylation sites is 2. The summed E-state index contributed by atoms with van der Waals surface area (Å²) in [6.07, 6.45) is 1.14. The van der Waals surface area contributed by atoms with Crippen LogP contribution in [-0.4, -0.2) is 58.2 Å². The van der Waals surface area contributed by atoms with Crippen molar-refractivity contribution in [3.05, 3.63) is 58.4 Å². The third kappa shape index (κ3) is 4.49. The van der Waals surface area contributed by atoms with Gasteiger partial charge in [-0.05, 0) is 50.1 Å². The Morgan fingerprint density at radius 3 is 2.69 bits per heavy atom. The van der Waals surface area contributed by atoms with Crippen LogP contribution in [0.3, 0.4) is 0 Å². The number of piperidine rings is 1. The lowest BCUT2D eigenvalue weighted by Gasteiger charge is -2.31. The highest BCUT2D eigenvalue weighted by atomic mass is 32.1. The minimum atomic E-state index is -0.312. The molecule has 3 heterocycles. The molecule has 10 nitrogen and oxygen atoms in total. The van der Waals surface area contributed by atoms with Crippen molar-refractivity contribution in [2.24, 2.45) is 5.92 Å². The van der Waals surface area contributed by atoms with Crippen LogP contribution in [0, 0.1) is 5.92 Å². The first-order chi connectivity index (χ1) is 17.5. The number of hydrogen-bond acceptors (Lipinski definition) is 9. The molecule has 0 unspecified atom stereocenters. The summed E-state index contributed by atoms with van der Waals surface area (Å²) in [5.74, 6) is 0.124. The monoisotopic (exact) mass is 507 g/mol. The molecule has 0 radical (unpaired) electrons. The van der Waals surface area contributed by atoms with Gasteiger partial charge in [-0.1, -0.05) is 23.5 Å². The summed E-state index contributed by atoms with van der Waals surface area (Å²) in [7, 11) is 1.58. The van der Waals surface area contributed by atoms with E-state index in [-0.39, 0.29) is 23.4 Å². The lowest BCUT2D eigenvalue weighted by atomic mass is 9.96. The maximum Gasteiger partial charge on any atom is 0.309 e. The zero-order valence-electron chi connectivity index (χ0n) is 19.9. The normalized spacial score (nSPS) is 14.2. The number of anilines is 2. The number of methoxy groups -OCH3 is 1. The second kappa shape index (κ2) is 9.94. The van der Waals surface area contributed by atoms with E-state index in [1.807, 2.05) is 24.3 Å². The molecule has 0 bridgehead atoms. The molecule has 1 aliphatic rings. The molecule has 4 aromatic rings. The van der Waals surface area contributed by atoms with Crippen molar-refractivity contribution in [2.75, 3.05) is 32.1 Å². The van der Waals surface area contributed by atoms with E-state index in [0.29, 0.717) is 64.8 Å². The summed E-state index contributed by atoms with van der Waals surface area (Å²) >= 11 is 1.22. The molecule has 0 saturated carbocycles. The molecule has 11 heteroatoms. The molecule has 1 N–H and O–H groups in total. The fourth-order valence-electron chi connectivity index (χ4n) is 4.32. The van der Waals surface area contributed by atoms with Crippen molar-refractivity contribution in [3.63, 3.8) is 0 Å². The molecule has 1 saturated heterocycles. The number of nitrogens with one attached hydrogen (secondary N) is 1. The Hall–Kier alpha value is -3.99. The molecule has 5 rings (SSSR count). The number of ether oxygens (including phenoxy) is 2. The van der Waals surface area contributed by atoms with Gasteiger partial charge in [-0.3, -0.25) is 14.4 Å². The van der Waals surface area contributed by atoms with Gasteiger partial charge < -0.3 is 19.7 Å². The molecular formula is C25H25N5O5S. The molecule has 2 aromatic carbocycles. The first-order valence-electron chi connectivity index (χ1n) is 11.7. The smallest absolute Gasteiger partial charge is 0.309 e. The van der Waals surface area contributed by atoms with Gasteiger partial charge in [0.25, 0.3) is 11.5 Å². The number of likely N-dealkylation sites (tertiary alicyclic amines) is 1. The maximum atomic E-state index is 13.1. The number of esters is 1. The molecule has 186 valence electrons. The third-order valence-electron chi connectivity index (χ3n) is 6.19. The van der Waals surface area contributed by atoms with E-state index in [2.05, 4.69) is 15.4 Å².